The maximum Gasteiger partial charge on any atom is 0.408 e. The van der Waals surface area contributed by atoms with E-state index in [0.29, 0.717) is 23.3 Å². The molecule has 2 aromatic carbocycles. The Morgan fingerprint density at radius 3 is 2.44 bits per heavy atom. The van der Waals surface area contributed by atoms with Gasteiger partial charge in [0.1, 0.15) is 5.75 Å². The highest BCUT2D eigenvalue weighted by Crippen LogP contribution is 2.51. The SMILES string of the molecule is CCCC[C@]1(CC)C[S+](=O)(O)c2cc(C[P+](O)(O)O)c(OC)cc2[C@H](c2ccccc2)N1. The van der Waals surface area contributed by atoms with Crippen LogP contribution in [0.15, 0.2) is 47.4 Å². The smallest absolute Gasteiger partial charge is 0.408 e. The second-order valence-electron chi connectivity index (χ2n) is 8.56. The molecule has 1 aliphatic rings. The Morgan fingerprint density at radius 2 is 1.88 bits per heavy atom. The van der Waals surface area contributed by atoms with Crippen LogP contribution < -0.4 is 10.1 Å². The lowest BCUT2D eigenvalue weighted by Gasteiger charge is -2.34. The lowest BCUT2D eigenvalue weighted by Crippen LogP contribution is -2.50. The minimum atomic E-state index is -4.16. The molecule has 32 heavy (non-hydrogen) atoms. The summed E-state index contributed by atoms with van der Waals surface area (Å²) in [7, 11) is -6.18. The fraction of sp³-hybridized carbons (Fsp3) is 0.478. The molecule has 3 rings (SSSR count). The van der Waals surface area contributed by atoms with E-state index in [1.807, 2.05) is 37.3 Å². The Bertz CT molecular complexity index is 980. The van der Waals surface area contributed by atoms with Crippen LogP contribution in [0.3, 0.4) is 0 Å². The predicted octanol–water partition coefficient (Wildman–Crippen LogP) is 4.30. The van der Waals surface area contributed by atoms with Gasteiger partial charge in [-0.25, -0.2) is 0 Å². The molecule has 7 nitrogen and oxygen atoms in total. The molecule has 176 valence electrons. The largest absolute Gasteiger partial charge is 0.496 e. The van der Waals surface area contributed by atoms with E-state index in [9.17, 15) is 23.4 Å². The Kier molecular flexibility index (Phi) is 7.77. The fourth-order valence-electron chi connectivity index (χ4n) is 4.49. The van der Waals surface area contributed by atoms with Crippen molar-refractivity contribution >= 4 is 18.2 Å². The van der Waals surface area contributed by atoms with Gasteiger partial charge in [-0.3, -0.25) is 5.32 Å². The van der Waals surface area contributed by atoms with Crippen LogP contribution in [0.5, 0.6) is 5.75 Å². The number of ether oxygens (including phenoxy) is 1. The Hall–Kier alpha value is -1.38. The second-order valence-corrected chi connectivity index (χ2v) is 12.3. The molecule has 2 aromatic rings. The van der Waals surface area contributed by atoms with Crippen molar-refractivity contribution < 1.29 is 28.2 Å². The third kappa shape index (κ3) is 5.57. The highest BCUT2D eigenvalue weighted by atomic mass is 32.3. The molecule has 3 atom stereocenters. The minimum absolute atomic E-state index is 0.0518. The monoisotopic (exact) mass is 483 g/mol. The van der Waals surface area contributed by atoms with E-state index < -0.39 is 29.9 Å². The number of hydrogen-bond acceptors (Lipinski definition) is 6. The van der Waals surface area contributed by atoms with Crippen LogP contribution in [0.2, 0.25) is 0 Å². The number of unbranched alkanes of at least 4 members (excludes halogenated alkanes) is 1. The summed E-state index contributed by atoms with van der Waals surface area (Å²) in [5.41, 5.74) is 1.33. The fourth-order valence-corrected chi connectivity index (χ4v) is 7.40. The predicted molar refractivity (Wildman–Crippen MR) is 128 cm³/mol. The van der Waals surface area contributed by atoms with E-state index in [-0.39, 0.29) is 16.7 Å². The molecule has 5 N–H and O–H groups in total. The van der Waals surface area contributed by atoms with Gasteiger partial charge in [-0.1, -0.05) is 61.2 Å². The van der Waals surface area contributed by atoms with Crippen molar-refractivity contribution in [2.75, 3.05) is 12.9 Å². The molecule has 0 spiro atoms. The zero-order chi connectivity index (χ0) is 23.6. The van der Waals surface area contributed by atoms with Gasteiger partial charge < -0.3 is 4.74 Å². The first-order valence-corrected chi connectivity index (χ1v) is 14.4. The van der Waals surface area contributed by atoms with E-state index in [4.69, 9.17) is 4.74 Å². The number of methoxy groups -OCH3 is 1. The molecule has 0 aliphatic carbocycles. The van der Waals surface area contributed by atoms with Crippen molar-refractivity contribution in [2.24, 2.45) is 0 Å². The molecular formula is C23H34NO6PS+2. The maximum absolute atomic E-state index is 13.8. The average Bonchev–Trinajstić information content (AvgIpc) is 2.84. The van der Waals surface area contributed by atoms with Crippen molar-refractivity contribution in [3.63, 3.8) is 0 Å². The summed E-state index contributed by atoms with van der Waals surface area (Å²) >= 11 is 0. The first kappa shape index (κ1) is 25.2. The summed E-state index contributed by atoms with van der Waals surface area (Å²) in [4.78, 5) is 29.2. The van der Waals surface area contributed by atoms with Crippen LogP contribution in [-0.2, 0) is 20.6 Å². The molecule has 0 aromatic heterocycles. The van der Waals surface area contributed by atoms with Crippen LogP contribution in [0, 0.1) is 0 Å². The normalized spacial score (nSPS) is 25.8. The van der Waals surface area contributed by atoms with Crippen molar-refractivity contribution in [1.82, 2.24) is 5.32 Å². The molecule has 1 aliphatic heterocycles. The summed E-state index contributed by atoms with van der Waals surface area (Å²) in [6.45, 7) is 4.13. The third-order valence-corrected chi connectivity index (χ3v) is 8.94. The summed E-state index contributed by atoms with van der Waals surface area (Å²) in [6.07, 6.45) is 2.90. The summed E-state index contributed by atoms with van der Waals surface area (Å²) in [6, 6.07) is 12.6. The van der Waals surface area contributed by atoms with Gasteiger partial charge >= 0.3 is 7.94 Å². The Morgan fingerprint density at radius 1 is 1.19 bits per heavy atom. The number of benzene rings is 2. The van der Waals surface area contributed by atoms with Gasteiger partial charge in [-0.15, -0.1) is 0 Å². The van der Waals surface area contributed by atoms with Gasteiger partial charge in [-0.05, 0) is 24.5 Å². The van der Waals surface area contributed by atoms with Crippen LogP contribution in [0.1, 0.15) is 62.3 Å². The summed E-state index contributed by atoms with van der Waals surface area (Å²) in [5.74, 6) is 0.386. The standard InChI is InChI=1S/C23H33NO6PS/c1-4-6-12-23(5-2)16-32(28,29)21-13-18(15-31(25,26)27)20(30-3)14-19(21)22(24-23)17-10-8-7-9-11-17/h7-11,13-14,22,24-27H,4-6,12,15-16H2,1-3H3/q+1/p+1/t22-,23+/m0/s1. The molecule has 0 radical (unpaired) electrons. The molecule has 0 saturated heterocycles. The molecule has 9 heteroatoms. The molecule has 0 fully saturated rings. The molecule has 0 bridgehead atoms. The highest BCUT2D eigenvalue weighted by molar-refractivity contribution is 7.97. The Labute approximate surface area is 191 Å². The van der Waals surface area contributed by atoms with Crippen LogP contribution in [0.25, 0.3) is 0 Å². The van der Waals surface area contributed by atoms with E-state index in [1.165, 1.54) is 13.2 Å². The summed E-state index contributed by atoms with van der Waals surface area (Å²) < 4.78 is 30.5. The van der Waals surface area contributed by atoms with E-state index in [1.54, 1.807) is 6.07 Å². The lowest BCUT2D eigenvalue weighted by molar-refractivity contribution is 0.291. The molecule has 0 amide bonds. The zero-order valence-electron chi connectivity index (χ0n) is 18.8. The quantitative estimate of drug-likeness (QED) is 0.281. The lowest BCUT2D eigenvalue weighted by atomic mass is 9.88. The van der Waals surface area contributed by atoms with E-state index >= 15 is 0 Å². The maximum atomic E-state index is 13.8. The minimum Gasteiger partial charge on any atom is -0.496 e. The molecule has 1 unspecified atom stereocenters. The van der Waals surface area contributed by atoms with Gasteiger partial charge in [0.15, 0.2) is 16.8 Å². The van der Waals surface area contributed by atoms with Gasteiger partial charge in [-0.2, -0.15) is 19.2 Å². The van der Waals surface area contributed by atoms with Crippen LogP contribution in [-0.4, -0.2) is 37.6 Å². The number of fused-ring (bicyclic) bond motifs is 1. The van der Waals surface area contributed by atoms with Crippen LogP contribution >= 0.6 is 7.94 Å². The summed E-state index contributed by atoms with van der Waals surface area (Å²) in [5, 5.41) is 3.73. The van der Waals surface area contributed by atoms with Crippen molar-refractivity contribution in [1.29, 1.82) is 0 Å². The molecule has 0 saturated carbocycles. The van der Waals surface area contributed by atoms with E-state index in [2.05, 4.69) is 12.2 Å². The van der Waals surface area contributed by atoms with E-state index in [0.717, 1.165) is 24.8 Å². The second kappa shape index (κ2) is 9.85. The van der Waals surface area contributed by atoms with Crippen molar-refractivity contribution in [2.45, 2.75) is 62.2 Å². The van der Waals surface area contributed by atoms with Crippen molar-refractivity contribution in [3.8, 4) is 5.75 Å². The topological polar surface area (TPSA) is 119 Å². The Balaban J connectivity index is 2.26. The average molecular weight is 484 g/mol. The first-order valence-electron chi connectivity index (χ1n) is 10.9. The highest BCUT2D eigenvalue weighted by Gasteiger charge is 2.50. The van der Waals surface area contributed by atoms with Gasteiger partial charge in [0.25, 0.3) is 0 Å². The zero-order valence-corrected chi connectivity index (χ0v) is 20.5. The number of nitrogens with one attached hydrogen (secondary N) is 1. The third-order valence-electron chi connectivity index (χ3n) is 6.19. The van der Waals surface area contributed by atoms with Crippen LogP contribution in [0.4, 0.5) is 0 Å². The van der Waals surface area contributed by atoms with Crippen molar-refractivity contribution in [3.05, 3.63) is 59.2 Å². The van der Waals surface area contributed by atoms with Gasteiger partial charge in [0, 0.05) is 17.2 Å². The molecule has 1 heterocycles. The molecular weight excluding hydrogens is 449 g/mol. The first-order chi connectivity index (χ1) is 15.0. The van der Waals surface area contributed by atoms with Gasteiger partial charge in [0.05, 0.1) is 18.7 Å². The number of rotatable bonds is 8. The van der Waals surface area contributed by atoms with Gasteiger partial charge in [0.2, 0.25) is 10.2 Å². The number of hydrogen-bond donors (Lipinski definition) is 5.